The number of nitrogen functional groups attached to an aromatic ring is 1. The zero-order chi connectivity index (χ0) is 17.3. The van der Waals surface area contributed by atoms with Crippen LogP contribution in [0.15, 0.2) is 30.3 Å². The topological polar surface area (TPSA) is 182 Å². The van der Waals surface area contributed by atoms with Crippen LogP contribution < -0.4 is 5.73 Å². The zero-order valence-corrected chi connectivity index (χ0v) is 12.6. The molecule has 0 aromatic heterocycles. The molecule has 0 unspecified atom stereocenters. The molecule has 0 saturated heterocycles. The van der Waals surface area contributed by atoms with E-state index in [1.165, 1.54) is 0 Å². The van der Waals surface area contributed by atoms with Crippen molar-refractivity contribution in [3.05, 3.63) is 35.9 Å². The van der Waals surface area contributed by atoms with E-state index in [1.807, 2.05) is 30.3 Å². The van der Waals surface area contributed by atoms with Crippen LogP contribution in [0.25, 0.3) is 0 Å². The summed E-state index contributed by atoms with van der Waals surface area (Å²) >= 11 is 0. The summed E-state index contributed by atoms with van der Waals surface area (Å²) < 4.78 is 0. The Morgan fingerprint density at radius 1 is 1.00 bits per heavy atom. The number of nitrogens with two attached hydrogens (primary N) is 1. The first-order chi connectivity index (χ1) is 10.1. The zero-order valence-electron chi connectivity index (χ0n) is 11.8. The molecule has 0 spiro atoms. The Kier molecular flexibility index (Phi) is 14.4. The predicted molar refractivity (Wildman–Crippen MR) is 88.9 cm³/mol. The van der Waals surface area contributed by atoms with Gasteiger partial charge in [0.25, 0.3) is 0 Å². The van der Waals surface area contributed by atoms with Crippen molar-refractivity contribution < 1.29 is 34.8 Å². The van der Waals surface area contributed by atoms with Gasteiger partial charge in [-0.2, -0.15) is 0 Å². The third kappa shape index (κ3) is 11.0. The van der Waals surface area contributed by atoms with Crippen LogP contribution >= 0.6 is 12.4 Å². The van der Waals surface area contributed by atoms with Crippen LogP contribution in [0.2, 0.25) is 0 Å². The first-order valence-electron chi connectivity index (χ1n) is 5.87. The van der Waals surface area contributed by atoms with E-state index in [2.05, 4.69) is 0 Å². The fraction of sp³-hybridized carbons (Fsp3) is 0.231. The van der Waals surface area contributed by atoms with Gasteiger partial charge in [-0.05, 0) is 0 Å². The quantitative estimate of drug-likeness (QED) is 0.219. The molecule has 7 N–H and O–H groups in total. The van der Waals surface area contributed by atoms with Crippen molar-refractivity contribution in [1.82, 2.24) is 0 Å². The van der Waals surface area contributed by atoms with Gasteiger partial charge in [0.2, 0.25) is 0 Å². The van der Waals surface area contributed by atoms with Gasteiger partial charge in [-0.15, -0.1) is 12.4 Å². The Morgan fingerprint density at radius 2 is 1.38 bits per heavy atom. The summed E-state index contributed by atoms with van der Waals surface area (Å²) in [6.45, 7) is 0. The van der Waals surface area contributed by atoms with Gasteiger partial charge in [0.15, 0.2) is 5.60 Å². The summed E-state index contributed by atoms with van der Waals surface area (Å²) in [7, 11) is 0. The van der Waals surface area contributed by atoms with Crippen molar-refractivity contribution in [2.45, 2.75) is 18.4 Å². The van der Waals surface area contributed by atoms with Crippen molar-refractivity contribution in [3.8, 4) is 0 Å². The van der Waals surface area contributed by atoms with Crippen LogP contribution in [0.4, 0.5) is 0 Å². The average Bonchev–Trinajstić information content (AvgIpc) is 2.38. The van der Waals surface area contributed by atoms with Gasteiger partial charge in [-0.1, -0.05) is 30.3 Å². The molecule has 24 heavy (non-hydrogen) atoms. The van der Waals surface area contributed by atoms with Gasteiger partial charge in [0.1, 0.15) is 5.84 Å². The van der Waals surface area contributed by atoms with Crippen molar-refractivity contribution in [1.29, 1.82) is 5.41 Å². The minimum atomic E-state index is -2.74. The van der Waals surface area contributed by atoms with E-state index in [9.17, 15) is 14.4 Å². The van der Waals surface area contributed by atoms with E-state index < -0.39 is 36.4 Å². The monoisotopic (exact) mass is 372 g/mol. The standard InChI is InChI=1S/C7H8N2.C6H8O7.ClH.Na.H/c8-7(9)6-4-2-1-3-5-6;7-3(8)1-6(13,5(11)12)2-4(9)10;;;/h1-5H,(H3,8,9);13H,1-2H2,(H,7,8)(H,9,10)(H,11,12);1H;;. The third-order valence-corrected chi connectivity index (χ3v) is 2.37. The second kappa shape index (κ2) is 12.7. The summed E-state index contributed by atoms with van der Waals surface area (Å²) in [5.41, 5.74) is 3.23. The first-order valence-corrected chi connectivity index (χ1v) is 5.87. The summed E-state index contributed by atoms with van der Waals surface area (Å²) in [6, 6.07) is 9.23. The molecule has 130 valence electrons. The average molecular weight is 373 g/mol. The number of rotatable bonds is 6. The number of aliphatic carboxylic acids is 3. The molecule has 0 bridgehead atoms. The Labute approximate surface area is 165 Å². The van der Waals surface area contributed by atoms with Crippen LogP contribution in [-0.2, 0) is 14.4 Å². The predicted octanol–water partition coefficient (Wildman–Crippen LogP) is -0.505. The van der Waals surface area contributed by atoms with Gasteiger partial charge >= 0.3 is 47.5 Å². The second-order valence-corrected chi connectivity index (χ2v) is 4.26. The van der Waals surface area contributed by atoms with Crippen LogP contribution in [0.5, 0.6) is 0 Å². The molecule has 0 heterocycles. The molecule has 1 aromatic rings. The number of carboxylic acids is 3. The number of hydrogen-bond donors (Lipinski definition) is 6. The molecule has 1 rings (SSSR count). The van der Waals surface area contributed by atoms with Crippen LogP contribution in [-0.4, -0.2) is 79.3 Å². The second-order valence-electron chi connectivity index (χ2n) is 4.26. The molecule has 0 amide bonds. The van der Waals surface area contributed by atoms with E-state index in [0.29, 0.717) is 0 Å². The Balaban J connectivity index is -0.000000355. The molecule has 9 nitrogen and oxygen atoms in total. The number of benzene rings is 1. The Hall–Kier alpha value is -1.65. The summed E-state index contributed by atoms with van der Waals surface area (Å²) in [5.74, 6) is -4.90. The summed E-state index contributed by atoms with van der Waals surface area (Å²) in [6.07, 6.45) is -2.29. The molecule has 1 aromatic carbocycles. The van der Waals surface area contributed by atoms with Crippen molar-refractivity contribution in [2.24, 2.45) is 5.73 Å². The van der Waals surface area contributed by atoms with Crippen molar-refractivity contribution >= 4 is 65.7 Å². The van der Waals surface area contributed by atoms with Crippen LogP contribution in [0, 0.1) is 5.41 Å². The van der Waals surface area contributed by atoms with E-state index in [0.717, 1.165) is 5.56 Å². The summed E-state index contributed by atoms with van der Waals surface area (Å²) in [4.78, 5) is 30.5. The van der Waals surface area contributed by atoms with E-state index in [-0.39, 0.29) is 47.8 Å². The molecule has 0 aliphatic carbocycles. The van der Waals surface area contributed by atoms with Crippen molar-refractivity contribution in [2.75, 3.05) is 0 Å². The molecular formula is C13H18ClN2NaO7. The van der Waals surface area contributed by atoms with Crippen LogP contribution in [0.1, 0.15) is 18.4 Å². The van der Waals surface area contributed by atoms with E-state index in [1.54, 1.807) is 0 Å². The molecular weight excluding hydrogens is 355 g/mol. The number of aliphatic hydroxyl groups is 1. The van der Waals surface area contributed by atoms with Crippen LogP contribution in [0.3, 0.4) is 0 Å². The molecule has 0 saturated carbocycles. The number of halogens is 1. The normalized spacial score (nSPS) is 9.21. The number of carboxylic acid groups (broad SMARTS) is 3. The van der Waals surface area contributed by atoms with E-state index in [4.69, 9.17) is 31.6 Å². The SMILES string of the molecule is Cl.N=C(N)c1ccccc1.O=C(O)CC(O)(CC(=O)O)C(=O)O.[NaH]. The van der Waals surface area contributed by atoms with Gasteiger partial charge < -0.3 is 26.2 Å². The molecule has 0 aliphatic heterocycles. The summed E-state index contributed by atoms with van der Waals surface area (Å²) in [5, 5.41) is 40.8. The first kappa shape index (κ1) is 27.2. The maximum atomic E-state index is 10.3. The molecule has 0 atom stereocenters. The third-order valence-electron chi connectivity index (χ3n) is 2.37. The van der Waals surface area contributed by atoms with Gasteiger partial charge in [0.05, 0.1) is 12.8 Å². The molecule has 0 aliphatic rings. The van der Waals surface area contributed by atoms with Gasteiger partial charge in [-0.3, -0.25) is 15.0 Å². The number of nitrogens with one attached hydrogen (secondary N) is 1. The number of carbonyl (C=O) groups is 3. The Bertz CT molecular complexity index is 553. The van der Waals surface area contributed by atoms with Gasteiger partial charge in [0, 0.05) is 5.56 Å². The molecule has 11 heteroatoms. The fourth-order valence-electron chi connectivity index (χ4n) is 1.33. The number of hydrogen-bond acceptors (Lipinski definition) is 5. The van der Waals surface area contributed by atoms with Gasteiger partial charge in [-0.25, -0.2) is 4.79 Å². The molecule has 0 fully saturated rings. The minimum absolute atomic E-state index is 0. The molecule has 0 radical (unpaired) electrons. The fourth-order valence-corrected chi connectivity index (χ4v) is 1.33. The maximum absolute atomic E-state index is 10.3. The van der Waals surface area contributed by atoms with Crippen molar-refractivity contribution in [3.63, 3.8) is 0 Å². The number of amidine groups is 1. The Morgan fingerprint density at radius 3 is 1.58 bits per heavy atom. The van der Waals surface area contributed by atoms with E-state index >= 15 is 0 Å².